The van der Waals surface area contributed by atoms with Crippen LogP contribution in [0.2, 0.25) is 0 Å². The van der Waals surface area contributed by atoms with Crippen LogP contribution in [0.5, 0.6) is 5.75 Å². The Labute approximate surface area is 161 Å². The fourth-order valence-corrected chi connectivity index (χ4v) is 7.17. The summed E-state index contributed by atoms with van der Waals surface area (Å²) in [5.74, 6) is 0.259. The van der Waals surface area contributed by atoms with E-state index >= 15 is 0 Å². The van der Waals surface area contributed by atoms with Crippen molar-refractivity contribution in [1.82, 2.24) is 0 Å². The van der Waals surface area contributed by atoms with Crippen LogP contribution in [-0.2, 0) is 20.9 Å². The highest BCUT2D eigenvalue weighted by Gasteiger charge is 2.45. The predicted molar refractivity (Wildman–Crippen MR) is 109 cm³/mol. The van der Waals surface area contributed by atoms with Gasteiger partial charge in [0.1, 0.15) is 5.75 Å². The molecule has 0 aliphatic heterocycles. The summed E-state index contributed by atoms with van der Waals surface area (Å²) in [6.07, 6.45) is 2.91. The second kappa shape index (κ2) is 8.66. The van der Waals surface area contributed by atoms with Gasteiger partial charge in [0.05, 0.1) is 11.6 Å². The van der Waals surface area contributed by atoms with E-state index in [1.54, 1.807) is 6.07 Å². The van der Waals surface area contributed by atoms with Gasteiger partial charge in [-0.15, -0.1) is 11.8 Å². The second-order valence-corrected chi connectivity index (χ2v) is 10.7. The van der Waals surface area contributed by atoms with E-state index in [4.69, 9.17) is 10.3 Å². The molecule has 5 nitrogen and oxygen atoms in total. The van der Waals surface area contributed by atoms with Crippen molar-refractivity contribution in [2.75, 3.05) is 5.49 Å². The second-order valence-electron chi connectivity index (χ2n) is 7.23. The van der Waals surface area contributed by atoms with Gasteiger partial charge in [0.15, 0.2) is 0 Å². The fourth-order valence-electron chi connectivity index (χ4n) is 3.93. The quantitative estimate of drug-likeness (QED) is 0.559. The average Bonchev–Trinajstić information content (AvgIpc) is 2.60. The van der Waals surface area contributed by atoms with Crippen molar-refractivity contribution in [3.8, 4) is 5.75 Å². The van der Waals surface area contributed by atoms with E-state index in [2.05, 4.69) is 13.8 Å². The van der Waals surface area contributed by atoms with Crippen LogP contribution in [0.15, 0.2) is 18.2 Å². The van der Waals surface area contributed by atoms with E-state index in [0.29, 0.717) is 6.42 Å². The highest BCUT2D eigenvalue weighted by molar-refractivity contribution is 8.05. The van der Waals surface area contributed by atoms with Gasteiger partial charge in [-0.25, -0.2) is 0 Å². The van der Waals surface area contributed by atoms with Crippen LogP contribution in [0, 0.1) is 0 Å². The molecule has 1 aliphatic rings. The Morgan fingerprint density at radius 1 is 1.38 bits per heavy atom. The molecule has 0 saturated carbocycles. The van der Waals surface area contributed by atoms with Crippen molar-refractivity contribution in [2.45, 2.75) is 76.2 Å². The molecule has 1 aromatic carbocycles. The minimum atomic E-state index is -3.64. The van der Waals surface area contributed by atoms with Crippen LogP contribution in [0.4, 0.5) is 0 Å². The zero-order chi connectivity index (χ0) is 19.5. The number of fused-ring (bicyclic) bond motifs is 1. The van der Waals surface area contributed by atoms with Gasteiger partial charge in [0.2, 0.25) is 0 Å². The molecule has 1 aromatic rings. The monoisotopic (exact) mass is 401 g/mol. The Bertz CT molecular complexity index is 665. The van der Waals surface area contributed by atoms with Crippen molar-refractivity contribution in [1.29, 1.82) is 0 Å². The summed E-state index contributed by atoms with van der Waals surface area (Å²) in [5, 5.41) is 9.98. The van der Waals surface area contributed by atoms with Crippen molar-refractivity contribution >= 4 is 19.4 Å². The number of hydrogen-bond donors (Lipinski definition) is 3. The van der Waals surface area contributed by atoms with Crippen LogP contribution < -0.4 is 5.73 Å². The smallest absolute Gasteiger partial charge is 0.338 e. The Morgan fingerprint density at radius 2 is 2.04 bits per heavy atom. The van der Waals surface area contributed by atoms with Crippen molar-refractivity contribution in [3.63, 3.8) is 0 Å². The minimum Gasteiger partial charge on any atom is -0.508 e. The van der Waals surface area contributed by atoms with E-state index in [-0.39, 0.29) is 34.1 Å². The lowest BCUT2D eigenvalue weighted by Crippen LogP contribution is -2.55. The third-order valence-corrected chi connectivity index (χ3v) is 9.20. The Morgan fingerprint density at radius 3 is 2.62 bits per heavy atom. The van der Waals surface area contributed by atoms with Gasteiger partial charge in [-0.3, -0.25) is 4.57 Å². The molecule has 26 heavy (non-hydrogen) atoms. The van der Waals surface area contributed by atoms with E-state index in [1.807, 2.05) is 26.0 Å². The number of benzene rings is 1. The van der Waals surface area contributed by atoms with E-state index in [0.717, 1.165) is 24.8 Å². The van der Waals surface area contributed by atoms with Crippen LogP contribution in [-0.4, -0.2) is 32.9 Å². The first-order valence-electron chi connectivity index (χ1n) is 9.38. The number of thioether (sulfide) groups is 1. The summed E-state index contributed by atoms with van der Waals surface area (Å²) in [5.41, 5.74) is 8.79. The molecule has 0 heterocycles. The Hall–Kier alpha value is -0.520. The summed E-state index contributed by atoms with van der Waals surface area (Å²) in [7, 11) is -3.64. The van der Waals surface area contributed by atoms with Crippen molar-refractivity contribution < 1.29 is 19.1 Å². The number of phenolic OH excluding ortho intramolecular Hbond substituents is 1. The van der Waals surface area contributed by atoms with Gasteiger partial charge in [0, 0.05) is 16.7 Å². The maximum absolute atomic E-state index is 12.4. The minimum absolute atomic E-state index is 0.0351. The molecule has 0 saturated heterocycles. The summed E-state index contributed by atoms with van der Waals surface area (Å²) < 4.78 is 17.7. The highest BCUT2D eigenvalue weighted by atomic mass is 32.2. The van der Waals surface area contributed by atoms with Gasteiger partial charge in [0.25, 0.3) is 0 Å². The maximum Gasteiger partial charge on any atom is 0.338 e. The lowest BCUT2D eigenvalue weighted by atomic mass is 9.63. The summed E-state index contributed by atoms with van der Waals surface area (Å²) in [6.45, 7) is 7.97. The predicted octanol–water partition coefficient (Wildman–Crippen LogP) is 4.39. The molecule has 4 atom stereocenters. The third kappa shape index (κ3) is 4.48. The first kappa shape index (κ1) is 21.8. The SMILES string of the molecule is CCC(C)OP(=O)(O)CSC1Cc2ccc(O)cc2C(CC)(CC)C1N. The highest BCUT2D eigenvalue weighted by Crippen LogP contribution is 2.51. The molecule has 4 N–H and O–H groups in total. The van der Waals surface area contributed by atoms with E-state index in [9.17, 15) is 14.6 Å². The molecule has 0 bridgehead atoms. The molecule has 1 aliphatic carbocycles. The number of aromatic hydroxyl groups is 1. The summed E-state index contributed by atoms with van der Waals surface area (Å²) in [4.78, 5) is 10.1. The zero-order valence-corrected chi connectivity index (χ0v) is 17.9. The molecule has 148 valence electrons. The third-order valence-electron chi connectivity index (χ3n) is 5.72. The summed E-state index contributed by atoms with van der Waals surface area (Å²) in [6, 6.07) is 5.35. The normalized spacial score (nSPS) is 25.3. The standard InChI is InChI=1S/C19H32NO4PS/c1-5-13(4)24-25(22,23)12-26-17-10-14-8-9-15(21)11-16(14)19(6-2,7-3)18(17)20/h8-9,11,13,17-18,21H,5-7,10,12,20H2,1-4H3,(H,22,23). The van der Waals surface area contributed by atoms with Gasteiger partial charge in [-0.2, -0.15) is 0 Å². The topological polar surface area (TPSA) is 92.8 Å². The molecule has 0 amide bonds. The van der Waals surface area contributed by atoms with Gasteiger partial charge in [-0.05, 0) is 55.9 Å². The molecule has 0 radical (unpaired) electrons. The van der Waals surface area contributed by atoms with Gasteiger partial charge >= 0.3 is 7.60 Å². The molecule has 0 aromatic heterocycles. The largest absolute Gasteiger partial charge is 0.508 e. The Balaban J connectivity index is 2.24. The number of rotatable bonds is 8. The van der Waals surface area contributed by atoms with Crippen molar-refractivity contribution in [3.05, 3.63) is 29.3 Å². The molecule has 4 unspecified atom stereocenters. The number of hydrogen-bond acceptors (Lipinski definition) is 5. The fraction of sp³-hybridized carbons (Fsp3) is 0.684. The van der Waals surface area contributed by atoms with Crippen LogP contribution in [0.3, 0.4) is 0 Å². The molecular formula is C19H32NO4PS. The van der Waals surface area contributed by atoms with Crippen LogP contribution in [0.1, 0.15) is 58.1 Å². The molecule has 2 rings (SSSR count). The first-order valence-corrected chi connectivity index (χ1v) is 12.2. The number of phenols is 1. The molecular weight excluding hydrogens is 369 g/mol. The van der Waals surface area contributed by atoms with E-state index in [1.165, 1.54) is 17.3 Å². The van der Waals surface area contributed by atoms with Crippen molar-refractivity contribution in [2.24, 2.45) is 5.73 Å². The maximum atomic E-state index is 12.4. The van der Waals surface area contributed by atoms with E-state index < -0.39 is 7.60 Å². The lowest BCUT2D eigenvalue weighted by molar-refractivity contribution is 0.188. The zero-order valence-electron chi connectivity index (χ0n) is 16.1. The number of nitrogens with two attached hydrogens (primary N) is 1. The molecule has 0 fully saturated rings. The first-order chi connectivity index (χ1) is 12.2. The molecule has 0 spiro atoms. The molecule has 7 heteroatoms. The lowest BCUT2D eigenvalue weighted by Gasteiger charge is -2.47. The van der Waals surface area contributed by atoms with Gasteiger partial charge < -0.3 is 20.3 Å². The van der Waals surface area contributed by atoms with Crippen LogP contribution in [0.25, 0.3) is 0 Å². The van der Waals surface area contributed by atoms with Gasteiger partial charge in [-0.1, -0.05) is 26.8 Å². The Kier molecular flexibility index (Phi) is 7.25. The average molecular weight is 402 g/mol. The summed E-state index contributed by atoms with van der Waals surface area (Å²) >= 11 is 1.44. The van der Waals surface area contributed by atoms with Crippen LogP contribution >= 0.6 is 19.4 Å².